The molecular formula is C15H23NOS. The van der Waals surface area contributed by atoms with Gasteiger partial charge in [0.15, 0.2) is 0 Å². The Kier molecular flexibility index (Phi) is 5.54. The second-order valence-corrected chi connectivity index (χ2v) is 5.89. The summed E-state index contributed by atoms with van der Waals surface area (Å²) in [5.41, 5.74) is 1.55. The van der Waals surface area contributed by atoms with Gasteiger partial charge in [-0.25, -0.2) is 0 Å². The van der Waals surface area contributed by atoms with Crippen molar-refractivity contribution in [2.45, 2.75) is 36.6 Å². The minimum atomic E-state index is 0.498. The molecule has 3 heteroatoms. The van der Waals surface area contributed by atoms with Gasteiger partial charge < -0.3 is 10.1 Å². The van der Waals surface area contributed by atoms with Crippen LogP contribution in [0.25, 0.3) is 0 Å². The lowest BCUT2D eigenvalue weighted by atomic mass is 9.94. The molecule has 2 unspecified atom stereocenters. The van der Waals surface area contributed by atoms with Gasteiger partial charge in [-0.3, -0.25) is 0 Å². The van der Waals surface area contributed by atoms with Gasteiger partial charge >= 0.3 is 0 Å². The number of hydrogen-bond acceptors (Lipinski definition) is 3. The van der Waals surface area contributed by atoms with Crippen molar-refractivity contribution < 1.29 is 4.74 Å². The summed E-state index contributed by atoms with van der Waals surface area (Å²) < 4.78 is 5.27. The maximum atomic E-state index is 5.27. The van der Waals surface area contributed by atoms with Crippen molar-refractivity contribution in [2.24, 2.45) is 0 Å². The lowest BCUT2D eigenvalue weighted by molar-refractivity contribution is 0.161. The van der Waals surface area contributed by atoms with Gasteiger partial charge in [-0.1, -0.05) is 25.1 Å². The number of rotatable bonds is 7. The minimum Gasteiger partial charge on any atom is -0.383 e. The molecule has 1 aliphatic rings. The second-order valence-electron chi connectivity index (χ2n) is 4.83. The van der Waals surface area contributed by atoms with E-state index in [0.717, 1.165) is 19.1 Å². The number of hydrogen-bond donors (Lipinski definition) is 1. The Morgan fingerprint density at radius 3 is 3.06 bits per heavy atom. The fourth-order valence-electron chi connectivity index (χ4n) is 2.60. The zero-order valence-electron chi connectivity index (χ0n) is 11.3. The molecule has 2 rings (SSSR count). The molecule has 1 aromatic carbocycles. The zero-order chi connectivity index (χ0) is 12.8. The quantitative estimate of drug-likeness (QED) is 0.817. The summed E-state index contributed by atoms with van der Waals surface area (Å²) >= 11 is 2.00. The molecule has 0 amide bonds. The van der Waals surface area contributed by atoms with Crippen molar-refractivity contribution >= 4 is 11.8 Å². The highest BCUT2D eigenvalue weighted by atomic mass is 32.2. The van der Waals surface area contributed by atoms with Gasteiger partial charge in [0.25, 0.3) is 0 Å². The van der Waals surface area contributed by atoms with Gasteiger partial charge in [0.05, 0.1) is 6.61 Å². The van der Waals surface area contributed by atoms with Crippen molar-refractivity contribution in [3.63, 3.8) is 0 Å². The first kappa shape index (κ1) is 13.9. The van der Waals surface area contributed by atoms with E-state index in [4.69, 9.17) is 4.74 Å². The second kappa shape index (κ2) is 7.17. The van der Waals surface area contributed by atoms with Crippen LogP contribution in [0.1, 0.15) is 31.2 Å². The molecule has 1 N–H and O–H groups in total. The van der Waals surface area contributed by atoms with E-state index in [9.17, 15) is 0 Å². The van der Waals surface area contributed by atoms with Gasteiger partial charge in [-0.2, -0.15) is 0 Å². The van der Waals surface area contributed by atoms with Crippen molar-refractivity contribution in [3.05, 3.63) is 29.8 Å². The van der Waals surface area contributed by atoms with E-state index in [0.29, 0.717) is 6.04 Å². The molecule has 1 aliphatic heterocycles. The molecule has 0 saturated heterocycles. The summed E-state index contributed by atoms with van der Waals surface area (Å²) in [4.78, 5) is 1.48. The van der Waals surface area contributed by atoms with E-state index < -0.39 is 0 Å². The summed E-state index contributed by atoms with van der Waals surface area (Å²) in [6, 6.07) is 9.34. The van der Waals surface area contributed by atoms with Crippen LogP contribution in [0.3, 0.4) is 0 Å². The van der Waals surface area contributed by atoms with E-state index in [1.54, 1.807) is 12.7 Å². The smallest absolute Gasteiger partial charge is 0.0615 e. The number of ether oxygens (including phenoxy) is 1. The van der Waals surface area contributed by atoms with Gasteiger partial charge in [0, 0.05) is 23.8 Å². The highest BCUT2D eigenvalue weighted by Crippen LogP contribution is 2.41. The number of methoxy groups -OCH3 is 1. The van der Waals surface area contributed by atoms with Gasteiger partial charge in [-0.15, -0.1) is 11.8 Å². The Morgan fingerprint density at radius 1 is 1.44 bits per heavy atom. The first-order chi connectivity index (χ1) is 8.85. The Morgan fingerprint density at radius 2 is 2.28 bits per heavy atom. The number of benzene rings is 1. The Balaban J connectivity index is 1.87. The summed E-state index contributed by atoms with van der Waals surface area (Å²) in [7, 11) is 1.78. The Labute approximate surface area is 114 Å². The molecule has 1 heterocycles. The molecule has 100 valence electrons. The van der Waals surface area contributed by atoms with Crippen LogP contribution >= 0.6 is 11.8 Å². The molecule has 0 bridgehead atoms. The maximum Gasteiger partial charge on any atom is 0.0615 e. The average Bonchev–Trinajstić information content (AvgIpc) is 2.80. The molecule has 0 saturated carbocycles. The minimum absolute atomic E-state index is 0.498. The molecule has 0 aromatic heterocycles. The van der Waals surface area contributed by atoms with Crippen LogP contribution < -0.4 is 5.32 Å². The van der Waals surface area contributed by atoms with E-state index in [-0.39, 0.29) is 0 Å². The van der Waals surface area contributed by atoms with Crippen LogP contribution in [0.5, 0.6) is 0 Å². The Hall–Kier alpha value is -0.510. The number of likely N-dealkylation sites (N-methyl/N-ethyl adjacent to an activating group) is 1. The lowest BCUT2D eigenvalue weighted by Gasteiger charge is -2.19. The lowest BCUT2D eigenvalue weighted by Crippen LogP contribution is -2.33. The molecule has 2 nitrogen and oxygen atoms in total. The molecule has 18 heavy (non-hydrogen) atoms. The molecule has 0 spiro atoms. The normalized spacial score (nSPS) is 19.8. The SMILES string of the molecule is CCNC(CCC1CSc2ccccc21)COC. The van der Waals surface area contributed by atoms with Crippen molar-refractivity contribution in [1.29, 1.82) is 0 Å². The summed E-state index contributed by atoms with van der Waals surface area (Å²) in [5.74, 6) is 1.97. The average molecular weight is 265 g/mol. The number of fused-ring (bicyclic) bond motifs is 1. The van der Waals surface area contributed by atoms with Crippen LogP contribution in [-0.4, -0.2) is 32.1 Å². The topological polar surface area (TPSA) is 21.3 Å². The van der Waals surface area contributed by atoms with E-state index in [1.165, 1.54) is 23.5 Å². The molecular weight excluding hydrogens is 242 g/mol. The largest absolute Gasteiger partial charge is 0.383 e. The van der Waals surface area contributed by atoms with Crippen molar-refractivity contribution in [3.8, 4) is 0 Å². The fourth-order valence-corrected chi connectivity index (χ4v) is 3.91. The highest BCUT2D eigenvalue weighted by Gasteiger charge is 2.23. The predicted molar refractivity (Wildman–Crippen MR) is 78.5 cm³/mol. The van der Waals surface area contributed by atoms with Crippen molar-refractivity contribution in [2.75, 3.05) is 26.0 Å². The summed E-state index contributed by atoms with van der Waals surface area (Å²) in [6.45, 7) is 3.99. The third-order valence-corrected chi connectivity index (χ3v) is 4.77. The van der Waals surface area contributed by atoms with Crippen LogP contribution in [0.4, 0.5) is 0 Å². The first-order valence-electron chi connectivity index (χ1n) is 6.79. The van der Waals surface area contributed by atoms with Gasteiger partial charge in [-0.05, 0) is 36.9 Å². The molecule has 0 aliphatic carbocycles. The molecule has 0 radical (unpaired) electrons. The summed E-state index contributed by atoms with van der Waals surface area (Å²) in [5, 5.41) is 3.50. The number of nitrogens with one attached hydrogen (secondary N) is 1. The predicted octanol–water partition coefficient (Wildman–Crippen LogP) is 3.28. The van der Waals surface area contributed by atoms with E-state index >= 15 is 0 Å². The maximum absolute atomic E-state index is 5.27. The van der Waals surface area contributed by atoms with Gasteiger partial charge in [0.2, 0.25) is 0 Å². The standard InChI is InChI=1S/C15H23NOS/c1-3-16-13(10-17-2)9-8-12-11-18-15-7-5-4-6-14(12)15/h4-7,12-13,16H,3,8-11H2,1-2H3. The first-order valence-corrected chi connectivity index (χ1v) is 7.77. The molecule has 1 aromatic rings. The summed E-state index contributed by atoms with van der Waals surface area (Å²) in [6.07, 6.45) is 2.45. The van der Waals surface area contributed by atoms with Crippen LogP contribution in [0, 0.1) is 0 Å². The fraction of sp³-hybridized carbons (Fsp3) is 0.600. The van der Waals surface area contributed by atoms with Crippen LogP contribution in [-0.2, 0) is 4.74 Å². The van der Waals surface area contributed by atoms with E-state index in [1.807, 2.05) is 11.8 Å². The third-order valence-electron chi connectivity index (χ3n) is 3.52. The van der Waals surface area contributed by atoms with Crippen LogP contribution in [0.2, 0.25) is 0 Å². The third kappa shape index (κ3) is 3.50. The monoisotopic (exact) mass is 265 g/mol. The van der Waals surface area contributed by atoms with Crippen molar-refractivity contribution in [1.82, 2.24) is 5.32 Å². The zero-order valence-corrected chi connectivity index (χ0v) is 12.1. The van der Waals surface area contributed by atoms with E-state index in [2.05, 4.69) is 36.5 Å². The van der Waals surface area contributed by atoms with Gasteiger partial charge in [0.1, 0.15) is 0 Å². The Bertz CT molecular complexity index is 363. The molecule has 2 atom stereocenters. The highest BCUT2D eigenvalue weighted by molar-refractivity contribution is 7.99. The molecule has 0 fully saturated rings. The number of thioether (sulfide) groups is 1. The van der Waals surface area contributed by atoms with Crippen LogP contribution in [0.15, 0.2) is 29.2 Å².